The smallest absolute Gasteiger partial charge is 0.425 e. The van der Waals surface area contributed by atoms with Crippen molar-refractivity contribution in [2.75, 3.05) is 24.7 Å². The Hall–Kier alpha value is -2.91. The SMILES string of the molecule is C#C[C@]1(CO)O[C@@H](n2ccc3c(N(C(=O)OCCCCCCCCCC)C(=O)OCCCCCCCCCC)nc(Cl)nc32)C[C@@H]1O. The zero-order valence-corrected chi connectivity index (χ0v) is 28.9. The van der Waals surface area contributed by atoms with Crippen molar-refractivity contribution < 1.29 is 34.0 Å². The molecule has 0 bridgehead atoms. The predicted octanol–water partition coefficient (Wildman–Crippen LogP) is 8.09. The molecule has 0 unspecified atom stereocenters. The molecule has 11 nitrogen and oxygen atoms in total. The number of ether oxygens (including phenoxy) is 3. The molecular formula is C35H53ClN4O7. The quantitative estimate of drug-likeness (QED) is 0.0763. The number of aliphatic hydroxyl groups excluding tert-OH is 2. The van der Waals surface area contributed by atoms with Gasteiger partial charge in [-0.05, 0) is 30.5 Å². The largest absolute Gasteiger partial charge is 0.449 e. The number of anilines is 1. The van der Waals surface area contributed by atoms with Gasteiger partial charge in [-0.3, -0.25) is 0 Å². The number of aromatic nitrogens is 3. The molecule has 1 aliphatic heterocycles. The van der Waals surface area contributed by atoms with Crippen molar-refractivity contribution in [1.82, 2.24) is 14.5 Å². The highest BCUT2D eigenvalue weighted by Crippen LogP contribution is 2.39. The normalized spacial score (nSPS) is 19.1. The fourth-order valence-corrected chi connectivity index (χ4v) is 5.96. The summed E-state index contributed by atoms with van der Waals surface area (Å²) in [7, 11) is 0. The van der Waals surface area contributed by atoms with Crippen LogP contribution >= 0.6 is 11.6 Å². The lowest BCUT2D eigenvalue weighted by molar-refractivity contribution is -0.0890. The molecule has 47 heavy (non-hydrogen) atoms. The maximum atomic E-state index is 13.5. The molecule has 2 amide bonds. The second kappa shape index (κ2) is 20.5. The van der Waals surface area contributed by atoms with Gasteiger partial charge in [-0.2, -0.15) is 14.9 Å². The van der Waals surface area contributed by atoms with E-state index in [-0.39, 0.29) is 36.4 Å². The molecule has 0 spiro atoms. The van der Waals surface area contributed by atoms with Crippen molar-refractivity contribution in [2.24, 2.45) is 0 Å². The number of halogens is 1. The number of terminal acetylenes is 1. The molecule has 2 aromatic heterocycles. The van der Waals surface area contributed by atoms with Gasteiger partial charge in [-0.15, -0.1) is 6.42 Å². The molecule has 3 atom stereocenters. The van der Waals surface area contributed by atoms with Crippen LogP contribution in [0.1, 0.15) is 129 Å². The van der Waals surface area contributed by atoms with E-state index in [9.17, 15) is 19.8 Å². The van der Waals surface area contributed by atoms with E-state index >= 15 is 0 Å². The third kappa shape index (κ3) is 11.1. The Kier molecular flexibility index (Phi) is 16.8. The number of amides is 2. The Morgan fingerprint density at radius 3 is 1.94 bits per heavy atom. The number of imide groups is 1. The van der Waals surface area contributed by atoms with Gasteiger partial charge in [-0.1, -0.05) is 110 Å². The molecule has 3 rings (SSSR count). The summed E-state index contributed by atoms with van der Waals surface area (Å²) >= 11 is 6.34. The predicted molar refractivity (Wildman–Crippen MR) is 182 cm³/mol. The van der Waals surface area contributed by atoms with Gasteiger partial charge in [0.2, 0.25) is 5.28 Å². The van der Waals surface area contributed by atoms with Crippen LogP contribution in [0.4, 0.5) is 15.4 Å². The van der Waals surface area contributed by atoms with E-state index in [2.05, 4.69) is 29.7 Å². The summed E-state index contributed by atoms with van der Waals surface area (Å²) in [4.78, 5) is 36.3. The lowest BCUT2D eigenvalue weighted by atomic mass is 9.99. The van der Waals surface area contributed by atoms with Crippen LogP contribution in [0.2, 0.25) is 5.28 Å². The first-order chi connectivity index (χ1) is 22.8. The number of unbranched alkanes of at least 4 members (excludes halogenated alkanes) is 14. The zero-order chi connectivity index (χ0) is 34.1. The number of fused-ring (bicyclic) bond motifs is 1. The maximum absolute atomic E-state index is 13.5. The van der Waals surface area contributed by atoms with E-state index in [0.29, 0.717) is 18.2 Å². The second-order valence-corrected chi connectivity index (χ2v) is 12.6. The van der Waals surface area contributed by atoms with Gasteiger partial charge in [-0.25, -0.2) is 9.59 Å². The van der Waals surface area contributed by atoms with Crippen molar-refractivity contribution in [3.8, 4) is 12.3 Å². The minimum absolute atomic E-state index is 0.0660. The van der Waals surface area contributed by atoms with Crippen molar-refractivity contribution in [2.45, 2.75) is 141 Å². The number of aliphatic hydroxyl groups is 2. The van der Waals surface area contributed by atoms with E-state index in [1.54, 1.807) is 16.8 Å². The fourth-order valence-electron chi connectivity index (χ4n) is 5.80. The molecule has 0 aliphatic carbocycles. The van der Waals surface area contributed by atoms with Gasteiger partial charge < -0.3 is 29.0 Å². The van der Waals surface area contributed by atoms with Gasteiger partial charge in [0.1, 0.15) is 18.0 Å². The Morgan fingerprint density at radius 2 is 1.47 bits per heavy atom. The molecule has 3 heterocycles. The highest BCUT2D eigenvalue weighted by atomic mass is 35.5. The van der Waals surface area contributed by atoms with E-state index < -0.39 is 36.7 Å². The van der Waals surface area contributed by atoms with Gasteiger partial charge in [0.25, 0.3) is 0 Å². The van der Waals surface area contributed by atoms with Crippen LogP contribution in [0.3, 0.4) is 0 Å². The topological polar surface area (TPSA) is 136 Å². The molecule has 262 valence electrons. The van der Waals surface area contributed by atoms with E-state index in [0.717, 1.165) is 43.4 Å². The number of hydrogen-bond donors (Lipinski definition) is 2. The third-order valence-electron chi connectivity index (χ3n) is 8.65. The van der Waals surface area contributed by atoms with Crippen molar-refractivity contribution in [1.29, 1.82) is 0 Å². The van der Waals surface area contributed by atoms with Gasteiger partial charge in [0.05, 0.1) is 25.2 Å². The van der Waals surface area contributed by atoms with Gasteiger partial charge in [0, 0.05) is 12.6 Å². The Labute approximate surface area is 284 Å². The zero-order valence-electron chi connectivity index (χ0n) is 28.1. The average Bonchev–Trinajstić information content (AvgIpc) is 3.63. The number of carbonyl (C=O) groups is 2. The summed E-state index contributed by atoms with van der Waals surface area (Å²) in [6, 6.07) is 1.61. The molecule has 0 saturated carbocycles. The Morgan fingerprint density at radius 1 is 0.957 bits per heavy atom. The number of nitrogens with zero attached hydrogens (tertiary/aromatic N) is 4. The first kappa shape index (κ1) is 38.5. The average molecular weight is 677 g/mol. The van der Waals surface area contributed by atoms with Crippen molar-refractivity contribution in [3.05, 3.63) is 17.5 Å². The van der Waals surface area contributed by atoms with Crippen LogP contribution in [0, 0.1) is 12.3 Å². The highest BCUT2D eigenvalue weighted by molar-refractivity contribution is 6.29. The lowest BCUT2D eigenvalue weighted by Crippen LogP contribution is -2.41. The number of rotatable bonds is 21. The van der Waals surface area contributed by atoms with Crippen molar-refractivity contribution in [3.63, 3.8) is 0 Å². The monoisotopic (exact) mass is 676 g/mol. The van der Waals surface area contributed by atoms with Crippen LogP contribution in [0.15, 0.2) is 12.3 Å². The van der Waals surface area contributed by atoms with E-state index in [4.69, 9.17) is 32.2 Å². The van der Waals surface area contributed by atoms with Crippen LogP contribution in [-0.4, -0.2) is 68.5 Å². The summed E-state index contributed by atoms with van der Waals surface area (Å²) in [5, 5.41) is 20.5. The summed E-state index contributed by atoms with van der Waals surface area (Å²) in [5.74, 6) is 2.26. The molecule has 12 heteroatoms. The minimum atomic E-state index is -1.58. The van der Waals surface area contributed by atoms with Crippen LogP contribution in [0.25, 0.3) is 11.0 Å². The van der Waals surface area contributed by atoms with E-state index in [1.807, 2.05) is 0 Å². The molecule has 2 N–H and O–H groups in total. The maximum Gasteiger partial charge on any atom is 0.425 e. The molecule has 1 fully saturated rings. The summed E-state index contributed by atoms with van der Waals surface area (Å²) < 4.78 is 18.6. The summed E-state index contributed by atoms with van der Waals surface area (Å²) in [5.41, 5.74) is -1.34. The van der Waals surface area contributed by atoms with Crippen molar-refractivity contribution >= 4 is 40.6 Å². The Balaban J connectivity index is 1.73. The van der Waals surface area contributed by atoms with E-state index in [1.165, 1.54) is 51.4 Å². The minimum Gasteiger partial charge on any atom is -0.449 e. The number of carbonyl (C=O) groups excluding carboxylic acids is 2. The molecule has 0 radical (unpaired) electrons. The van der Waals surface area contributed by atoms with Crippen LogP contribution in [-0.2, 0) is 14.2 Å². The molecule has 0 aromatic carbocycles. The third-order valence-corrected chi connectivity index (χ3v) is 8.82. The number of hydrogen-bond acceptors (Lipinski definition) is 9. The first-order valence-electron chi connectivity index (χ1n) is 17.4. The van der Waals surface area contributed by atoms with Crippen LogP contribution < -0.4 is 4.90 Å². The Bertz CT molecular complexity index is 1260. The fraction of sp³-hybridized carbons (Fsp3) is 0.714. The molecular weight excluding hydrogens is 624 g/mol. The lowest BCUT2D eigenvalue weighted by Gasteiger charge is -2.24. The standard InChI is InChI=1S/C35H53ClN4O7/c1-4-7-9-11-13-15-17-19-23-45-33(43)40(34(44)46-24-20-18-16-14-12-10-8-5-2)31-27-21-22-39(30(27)37-32(36)38-31)29-25-28(42)35(6-3,26-41)47-29/h3,21-22,28-29,41-42H,4-5,7-20,23-26H2,1-2H3/t28-,29+,35+/m0/s1. The highest BCUT2D eigenvalue weighted by Gasteiger charge is 2.48. The van der Waals surface area contributed by atoms with Gasteiger partial charge in [0.15, 0.2) is 11.4 Å². The first-order valence-corrected chi connectivity index (χ1v) is 17.8. The molecule has 1 aliphatic rings. The second-order valence-electron chi connectivity index (χ2n) is 12.3. The molecule has 2 aromatic rings. The molecule has 1 saturated heterocycles. The van der Waals surface area contributed by atoms with Gasteiger partial charge >= 0.3 is 12.2 Å². The summed E-state index contributed by atoms with van der Waals surface area (Å²) in [6.07, 6.45) is 20.8. The summed E-state index contributed by atoms with van der Waals surface area (Å²) in [6.45, 7) is 4.09. The van der Waals surface area contributed by atoms with Crippen LogP contribution in [0.5, 0.6) is 0 Å².